The number of carbonyl (C=O) groups excluding carboxylic acids is 1. The summed E-state index contributed by atoms with van der Waals surface area (Å²) in [6, 6.07) is 17.4. The highest BCUT2D eigenvalue weighted by atomic mass is 32.1. The van der Waals surface area contributed by atoms with Crippen molar-refractivity contribution in [3.63, 3.8) is 0 Å². The van der Waals surface area contributed by atoms with E-state index in [0.29, 0.717) is 12.1 Å². The summed E-state index contributed by atoms with van der Waals surface area (Å²) >= 11 is 1.58. The number of nitrogens with zero attached hydrogens (tertiary/aromatic N) is 1. The van der Waals surface area contributed by atoms with Gasteiger partial charge in [-0.15, -0.1) is 11.3 Å². The zero-order chi connectivity index (χ0) is 19.9. The third kappa shape index (κ3) is 5.54. The van der Waals surface area contributed by atoms with Crippen LogP contribution in [0.1, 0.15) is 35.7 Å². The predicted molar refractivity (Wildman–Crippen MR) is 115 cm³/mol. The molecule has 1 heterocycles. The van der Waals surface area contributed by atoms with E-state index in [0.717, 1.165) is 27.6 Å². The number of amides is 1. The highest BCUT2D eigenvalue weighted by Gasteiger charge is 2.12. The van der Waals surface area contributed by atoms with Gasteiger partial charge in [-0.3, -0.25) is 4.79 Å². The second kappa shape index (κ2) is 9.33. The van der Waals surface area contributed by atoms with Crippen LogP contribution in [0.4, 0.5) is 0 Å². The Balaban J connectivity index is 1.82. The highest BCUT2D eigenvalue weighted by Crippen LogP contribution is 2.21. The quantitative estimate of drug-likeness (QED) is 0.450. The second-order valence-electron chi connectivity index (χ2n) is 6.70. The lowest BCUT2D eigenvalue weighted by Crippen LogP contribution is -2.24. The van der Waals surface area contributed by atoms with E-state index in [1.807, 2.05) is 86.8 Å². The first kappa shape index (κ1) is 19.8. The van der Waals surface area contributed by atoms with Gasteiger partial charge in [-0.1, -0.05) is 42.5 Å². The Kier molecular flexibility index (Phi) is 6.61. The summed E-state index contributed by atoms with van der Waals surface area (Å²) in [7, 11) is 0. The van der Waals surface area contributed by atoms with Gasteiger partial charge in [0, 0.05) is 11.0 Å². The molecule has 0 aliphatic heterocycles. The summed E-state index contributed by atoms with van der Waals surface area (Å²) < 4.78 is 5.69. The normalized spacial score (nSPS) is 11.5. The van der Waals surface area contributed by atoms with Crippen molar-refractivity contribution in [3.8, 4) is 5.75 Å². The predicted octanol–water partition coefficient (Wildman–Crippen LogP) is 5.10. The molecule has 144 valence electrons. The number of hydrogen-bond donors (Lipinski definition) is 1. The molecule has 0 fully saturated rings. The number of carbonyl (C=O) groups is 1. The summed E-state index contributed by atoms with van der Waals surface area (Å²) in [6.07, 6.45) is 2.03. The number of nitrogens with one attached hydrogen (secondary N) is 1. The largest absolute Gasteiger partial charge is 0.491 e. The number of hydrogen-bond acceptors (Lipinski definition) is 4. The van der Waals surface area contributed by atoms with Crippen LogP contribution in [0.2, 0.25) is 0 Å². The topological polar surface area (TPSA) is 51.2 Å². The van der Waals surface area contributed by atoms with E-state index in [1.165, 1.54) is 0 Å². The van der Waals surface area contributed by atoms with E-state index in [1.54, 1.807) is 11.3 Å². The van der Waals surface area contributed by atoms with Gasteiger partial charge in [-0.2, -0.15) is 0 Å². The standard InChI is InChI=1S/C23H24N2O2S/c1-16(2)27-21-11-9-18(10-12-21)13-22(19-7-5-4-6-8-19)23(26)24-14-20-15-28-17(3)25-20/h4-13,15-16H,14H2,1-3H3,(H,24,26)/b22-13+. The van der Waals surface area contributed by atoms with Gasteiger partial charge in [0.1, 0.15) is 5.75 Å². The van der Waals surface area contributed by atoms with Crippen molar-refractivity contribution < 1.29 is 9.53 Å². The van der Waals surface area contributed by atoms with Crippen LogP contribution in [-0.2, 0) is 11.3 Å². The van der Waals surface area contributed by atoms with E-state index in [9.17, 15) is 4.79 Å². The summed E-state index contributed by atoms with van der Waals surface area (Å²) in [5.41, 5.74) is 3.30. The van der Waals surface area contributed by atoms with Gasteiger partial charge in [-0.05, 0) is 50.1 Å². The van der Waals surface area contributed by atoms with Crippen LogP contribution in [0.25, 0.3) is 11.6 Å². The molecule has 0 saturated heterocycles. The number of aromatic nitrogens is 1. The molecule has 0 aliphatic rings. The molecule has 0 unspecified atom stereocenters. The van der Waals surface area contributed by atoms with Gasteiger partial charge >= 0.3 is 0 Å². The summed E-state index contributed by atoms with van der Waals surface area (Å²) in [5.74, 6) is 0.691. The van der Waals surface area contributed by atoms with Gasteiger partial charge in [-0.25, -0.2) is 4.98 Å². The Bertz CT molecular complexity index is 944. The first-order valence-corrected chi connectivity index (χ1v) is 10.1. The lowest BCUT2D eigenvalue weighted by molar-refractivity contribution is -0.115. The molecule has 0 radical (unpaired) electrons. The minimum Gasteiger partial charge on any atom is -0.491 e. The fourth-order valence-corrected chi connectivity index (χ4v) is 3.35. The average molecular weight is 393 g/mol. The number of benzene rings is 2. The van der Waals surface area contributed by atoms with Crippen LogP contribution in [-0.4, -0.2) is 17.0 Å². The highest BCUT2D eigenvalue weighted by molar-refractivity contribution is 7.09. The second-order valence-corrected chi connectivity index (χ2v) is 7.76. The summed E-state index contributed by atoms with van der Waals surface area (Å²) in [5, 5.41) is 5.94. The Hall–Kier alpha value is -2.92. The molecule has 3 aromatic rings. The Morgan fingerprint density at radius 1 is 1.14 bits per heavy atom. The smallest absolute Gasteiger partial charge is 0.252 e. The molecule has 0 bridgehead atoms. The van der Waals surface area contributed by atoms with Gasteiger partial charge in [0.05, 0.1) is 23.4 Å². The van der Waals surface area contributed by atoms with Crippen molar-refractivity contribution in [2.24, 2.45) is 0 Å². The maximum absolute atomic E-state index is 12.9. The molecule has 1 N–H and O–H groups in total. The van der Waals surface area contributed by atoms with E-state index >= 15 is 0 Å². The molecule has 5 heteroatoms. The first-order chi connectivity index (χ1) is 13.5. The fraction of sp³-hybridized carbons (Fsp3) is 0.217. The Morgan fingerprint density at radius 2 is 1.86 bits per heavy atom. The number of rotatable bonds is 7. The molecule has 2 aromatic carbocycles. The first-order valence-electron chi connectivity index (χ1n) is 9.24. The van der Waals surface area contributed by atoms with Crippen LogP contribution in [0, 0.1) is 6.92 Å². The molecule has 1 aromatic heterocycles. The minimum atomic E-state index is -0.126. The van der Waals surface area contributed by atoms with Gasteiger partial charge in [0.15, 0.2) is 0 Å². The van der Waals surface area contributed by atoms with E-state index in [2.05, 4.69) is 10.3 Å². The Morgan fingerprint density at radius 3 is 2.46 bits per heavy atom. The number of ether oxygens (including phenoxy) is 1. The molecule has 4 nitrogen and oxygen atoms in total. The fourth-order valence-electron chi connectivity index (χ4n) is 2.73. The molecule has 0 spiro atoms. The van der Waals surface area contributed by atoms with Crippen molar-refractivity contribution in [1.82, 2.24) is 10.3 Å². The van der Waals surface area contributed by atoms with Gasteiger partial charge < -0.3 is 10.1 Å². The van der Waals surface area contributed by atoms with Crippen molar-refractivity contribution in [1.29, 1.82) is 0 Å². The summed E-state index contributed by atoms with van der Waals surface area (Å²) in [6.45, 7) is 6.36. The maximum atomic E-state index is 12.9. The molecule has 0 saturated carbocycles. The van der Waals surface area contributed by atoms with Crippen molar-refractivity contribution in [2.75, 3.05) is 0 Å². The van der Waals surface area contributed by atoms with Crippen LogP contribution in [0.5, 0.6) is 5.75 Å². The average Bonchev–Trinajstić information content (AvgIpc) is 3.11. The van der Waals surface area contributed by atoms with Crippen LogP contribution in [0.3, 0.4) is 0 Å². The molecule has 0 aliphatic carbocycles. The molecular formula is C23H24N2O2S. The molecule has 0 atom stereocenters. The van der Waals surface area contributed by atoms with E-state index in [-0.39, 0.29) is 12.0 Å². The zero-order valence-corrected chi connectivity index (χ0v) is 17.1. The molecule has 3 rings (SSSR count). The van der Waals surface area contributed by atoms with Crippen LogP contribution in [0.15, 0.2) is 60.0 Å². The van der Waals surface area contributed by atoms with Crippen molar-refractivity contribution >= 4 is 28.9 Å². The Labute approximate surface area is 169 Å². The van der Waals surface area contributed by atoms with Crippen molar-refractivity contribution in [2.45, 2.75) is 33.4 Å². The number of aryl methyl sites for hydroxylation is 1. The van der Waals surface area contributed by atoms with Crippen molar-refractivity contribution in [3.05, 3.63) is 81.8 Å². The van der Waals surface area contributed by atoms with E-state index in [4.69, 9.17) is 4.74 Å². The summed E-state index contributed by atoms with van der Waals surface area (Å²) in [4.78, 5) is 17.3. The van der Waals surface area contributed by atoms with Crippen LogP contribution < -0.4 is 10.1 Å². The SMILES string of the molecule is Cc1nc(CNC(=O)/C(=C/c2ccc(OC(C)C)cc2)c2ccccc2)cs1. The lowest BCUT2D eigenvalue weighted by Gasteiger charge is -2.11. The number of thiazole rings is 1. The lowest BCUT2D eigenvalue weighted by atomic mass is 10.0. The van der Waals surface area contributed by atoms with Gasteiger partial charge in [0.25, 0.3) is 5.91 Å². The molecular weight excluding hydrogens is 368 g/mol. The third-order valence-corrected chi connectivity index (χ3v) is 4.81. The molecule has 1 amide bonds. The monoisotopic (exact) mass is 392 g/mol. The van der Waals surface area contributed by atoms with Crippen LogP contribution >= 0.6 is 11.3 Å². The third-order valence-electron chi connectivity index (χ3n) is 3.99. The minimum absolute atomic E-state index is 0.126. The molecule has 28 heavy (non-hydrogen) atoms. The zero-order valence-electron chi connectivity index (χ0n) is 16.3. The van der Waals surface area contributed by atoms with Gasteiger partial charge in [0.2, 0.25) is 0 Å². The van der Waals surface area contributed by atoms with E-state index < -0.39 is 0 Å². The maximum Gasteiger partial charge on any atom is 0.252 e.